The van der Waals surface area contributed by atoms with Crippen LogP contribution in [-0.4, -0.2) is 51.0 Å². The largest absolute Gasteiger partial charge is 1.00 e. The Morgan fingerprint density at radius 3 is 1.35 bits per heavy atom. The topological polar surface area (TPSA) is 193 Å². The molecule has 0 aliphatic heterocycles. The molecule has 2 atom stereocenters. The molecule has 4 aromatic carbocycles. The molecule has 48 heavy (non-hydrogen) atoms. The predicted molar refractivity (Wildman–Crippen MR) is 174 cm³/mol. The summed E-state index contributed by atoms with van der Waals surface area (Å²) in [6.07, 6.45) is 0.481. The maximum absolute atomic E-state index is 12.0. The third-order valence-corrected chi connectivity index (χ3v) is 6.94. The third kappa shape index (κ3) is 16.5. The molecule has 16 heteroatoms. The van der Waals surface area contributed by atoms with Crippen LogP contribution in [0.1, 0.15) is 22.3 Å². The Kier molecular flexibility index (Phi) is 18.0. The zero-order valence-electron chi connectivity index (χ0n) is 26.5. The van der Waals surface area contributed by atoms with E-state index in [1.807, 2.05) is 24.3 Å². The van der Waals surface area contributed by atoms with Crippen LogP contribution in [0.3, 0.4) is 0 Å². The first-order valence-corrected chi connectivity index (χ1v) is 15.6. The van der Waals surface area contributed by atoms with E-state index in [1.54, 1.807) is 6.92 Å². The smallest absolute Gasteiger partial charge is 0.480 e. The molecule has 0 aromatic heterocycles. The van der Waals surface area contributed by atoms with Gasteiger partial charge in [-0.1, -0.05) is 96.1 Å². The summed E-state index contributed by atoms with van der Waals surface area (Å²) in [5.74, 6) is -2.07. The number of carboxylic acids is 2. The normalized spacial score (nSPS) is 12.1. The Hall–Kier alpha value is -2.82. The Morgan fingerprint density at radius 1 is 0.688 bits per heavy atom. The Bertz CT molecular complexity index is 1640. The van der Waals surface area contributed by atoms with E-state index in [9.17, 15) is 27.1 Å². The number of benzene rings is 4. The minimum atomic E-state index is -4.82. The molecule has 0 heterocycles. The van der Waals surface area contributed by atoms with E-state index in [4.69, 9.17) is 31.5 Å². The number of hydrogen-bond acceptors (Lipinski definition) is 6. The zero-order valence-corrected chi connectivity index (χ0v) is 30.6. The van der Waals surface area contributed by atoms with Crippen LogP contribution in [0.2, 0.25) is 0 Å². The second kappa shape index (κ2) is 20.0. The first-order valence-electron chi connectivity index (χ1n) is 14.1. The van der Waals surface area contributed by atoms with Crippen molar-refractivity contribution in [3.05, 3.63) is 119 Å². The molecular weight excluding hydrogens is 678 g/mol. The van der Waals surface area contributed by atoms with E-state index in [0.717, 1.165) is 34.4 Å². The van der Waals surface area contributed by atoms with Crippen molar-refractivity contribution >= 4 is 32.2 Å². The number of phosphoric acid groups is 1. The summed E-state index contributed by atoms with van der Waals surface area (Å²) in [5, 5.41) is 17.4. The first-order chi connectivity index (χ1) is 21.8. The van der Waals surface area contributed by atoms with E-state index in [0.29, 0.717) is 12.0 Å². The zero-order chi connectivity index (χ0) is 35.4. The fourth-order valence-electron chi connectivity index (χ4n) is 3.87. The SMILES string of the molecule is Cc1ccc(-c2ccc(CC(N)C(=O)O)cc2)cc1.Cc1ccc([B-](F)(F)F)cc1.NC(Cc1ccc(OP(=O)(O)O)cc1)C(=O)O.[K+]. The molecule has 252 valence electrons. The molecular formula is C32H36BF3KN2O8P. The summed E-state index contributed by atoms with van der Waals surface area (Å²) in [4.78, 5) is 38.3. The molecule has 10 nitrogen and oxygen atoms in total. The fraction of sp³-hybridized carbons (Fsp3) is 0.188. The van der Waals surface area contributed by atoms with Gasteiger partial charge in [0, 0.05) is 0 Å². The second-order valence-electron chi connectivity index (χ2n) is 10.6. The summed E-state index contributed by atoms with van der Waals surface area (Å²) in [7, 11) is -4.56. The van der Waals surface area contributed by atoms with Crippen molar-refractivity contribution in [3.8, 4) is 16.9 Å². The van der Waals surface area contributed by atoms with Crippen molar-refractivity contribution in [1.82, 2.24) is 0 Å². The molecule has 4 rings (SSSR count). The standard InChI is InChI=1S/C16H17NO2.C9H12NO6P.C7H7BF3.K/c1-11-2-6-13(7-3-11)14-8-4-12(5-9-14)10-15(17)16(18)19;10-8(9(11)12)5-6-1-3-7(4-2-6)16-17(13,14)15;1-6-2-4-7(5-3-6)8(9,10)11;/h2-9,15H,10,17H2,1H3,(H,18,19);1-4,8H,5,10H2,(H,11,12)(H2,13,14,15);2-5H,1H3;/q;;-1;+1. The number of halogens is 3. The van der Waals surface area contributed by atoms with Crippen LogP contribution in [0.15, 0.2) is 97.1 Å². The third-order valence-electron chi connectivity index (χ3n) is 6.49. The van der Waals surface area contributed by atoms with Crippen molar-refractivity contribution in [3.63, 3.8) is 0 Å². The first kappa shape index (κ1) is 43.2. The molecule has 0 fully saturated rings. The van der Waals surface area contributed by atoms with Crippen LogP contribution >= 0.6 is 7.82 Å². The number of phosphoric ester groups is 1. The van der Waals surface area contributed by atoms with Gasteiger partial charge < -0.3 is 39.2 Å². The van der Waals surface area contributed by atoms with Gasteiger partial charge >= 0.3 is 78.1 Å². The summed E-state index contributed by atoms with van der Waals surface area (Å²) in [5.41, 5.74) is 16.2. The molecule has 0 saturated heterocycles. The predicted octanol–water partition coefficient (Wildman–Crippen LogP) is 1.78. The van der Waals surface area contributed by atoms with Gasteiger partial charge in [-0.15, -0.1) is 5.46 Å². The summed E-state index contributed by atoms with van der Waals surface area (Å²) in [6, 6.07) is 25.1. The minimum absolute atomic E-state index is 0. The summed E-state index contributed by atoms with van der Waals surface area (Å²) >= 11 is 0. The average molecular weight is 715 g/mol. The van der Waals surface area contributed by atoms with Crippen LogP contribution in [0.25, 0.3) is 11.1 Å². The van der Waals surface area contributed by atoms with Crippen LogP contribution < -0.4 is 72.8 Å². The molecule has 0 saturated carbocycles. The Labute approximate surface area is 319 Å². The van der Waals surface area contributed by atoms with Gasteiger partial charge in [0.15, 0.2) is 0 Å². The Morgan fingerprint density at radius 2 is 1.02 bits per heavy atom. The Balaban J connectivity index is 0.000000368. The van der Waals surface area contributed by atoms with E-state index < -0.39 is 44.3 Å². The monoisotopic (exact) mass is 714 g/mol. The van der Waals surface area contributed by atoms with Gasteiger partial charge in [0.05, 0.1) is 0 Å². The maximum Gasteiger partial charge on any atom is 1.00 e. The van der Waals surface area contributed by atoms with Gasteiger partial charge in [0.2, 0.25) is 0 Å². The molecule has 0 aliphatic carbocycles. The number of nitrogens with two attached hydrogens (primary N) is 2. The average Bonchev–Trinajstić information content (AvgIpc) is 2.98. The van der Waals surface area contributed by atoms with Gasteiger partial charge in [-0.3, -0.25) is 19.4 Å². The molecule has 0 spiro atoms. The van der Waals surface area contributed by atoms with Crippen molar-refractivity contribution in [1.29, 1.82) is 0 Å². The van der Waals surface area contributed by atoms with Gasteiger partial charge in [0.1, 0.15) is 17.8 Å². The van der Waals surface area contributed by atoms with E-state index in [-0.39, 0.29) is 63.6 Å². The van der Waals surface area contributed by atoms with Gasteiger partial charge in [0.25, 0.3) is 0 Å². The van der Waals surface area contributed by atoms with Gasteiger partial charge in [-0.05, 0) is 61.1 Å². The molecule has 2 unspecified atom stereocenters. The van der Waals surface area contributed by atoms with Gasteiger partial charge in [-0.2, -0.15) is 0 Å². The van der Waals surface area contributed by atoms with E-state index in [2.05, 4.69) is 35.7 Å². The molecule has 4 aromatic rings. The molecule has 0 radical (unpaired) electrons. The number of rotatable bonds is 10. The number of aryl methyl sites for hydroxylation is 2. The van der Waals surface area contributed by atoms with Crippen LogP contribution in [0, 0.1) is 13.8 Å². The molecule has 0 bridgehead atoms. The number of aliphatic carboxylic acids is 2. The fourth-order valence-corrected chi connectivity index (χ4v) is 4.27. The van der Waals surface area contributed by atoms with Crippen LogP contribution in [0.4, 0.5) is 12.9 Å². The second-order valence-corrected chi connectivity index (χ2v) is 11.7. The summed E-state index contributed by atoms with van der Waals surface area (Å²) in [6.45, 7) is -1.01. The number of carbonyl (C=O) groups is 2. The summed E-state index contributed by atoms with van der Waals surface area (Å²) < 4.78 is 50.8. The molecule has 8 N–H and O–H groups in total. The van der Waals surface area contributed by atoms with Crippen molar-refractivity contribution < 1.29 is 103 Å². The minimum Gasteiger partial charge on any atom is -0.480 e. The number of hydrogen-bond donors (Lipinski definition) is 6. The van der Waals surface area contributed by atoms with Crippen molar-refractivity contribution in [2.75, 3.05) is 0 Å². The quantitative estimate of drug-likeness (QED) is 0.104. The van der Waals surface area contributed by atoms with Crippen molar-refractivity contribution in [2.45, 2.75) is 38.8 Å². The van der Waals surface area contributed by atoms with Crippen LogP contribution in [-0.2, 0) is 27.0 Å². The van der Waals surface area contributed by atoms with Crippen LogP contribution in [0.5, 0.6) is 5.75 Å². The van der Waals surface area contributed by atoms with Crippen molar-refractivity contribution in [2.24, 2.45) is 11.5 Å². The van der Waals surface area contributed by atoms with E-state index in [1.165, 1.54) is 42.0 Å². The van der Waals surface area contributed by atoms with E-state index >= 15 is 0 Å². The van der Waals surface area contributed by atoms with Gasteiger partial charge in [-0.25, -0.2) is 4.57 Å². The number of carboxylic acid groups (broad SMARTS) is 2. The maximum atomic E-state index is 12.0. The molecule has 0 aliphatic rings. The molecule has 0 amide bonds.